The van der Waals surface area contributed by atoms with Crippen molar-refractivity contribution in [2.75, 3.05) is 18.5 Å². The van der Waals surface area contributed by atoms with E-state index in [9.17, 15) is 14.4 Å². The molecule has 29 heavy (non-hydrogen) atoms. The minimum atomic E-state index is -0.579. The smallest absolute Gasteiger partial charge is 0.311 e. The fourth-order valence-corrected chi connectivity index (χ4v) is 3.62. The summed E-state index contributed by atoms with van der Waals surface area (Å²) >= 11 is 6.09. The molecule has 1 N–H and O–H groups in total. The van der Waals surface area contributed by atoms with Crippen LogP contribution in [0.4, 0.5) is 5.69 Å². The summed E-state index contributed by atoms with van der Waals surface area (Å²) < 4.78 is 5.13. The minimum Gasteiger partial charge on any atom is -0.455 e. The van der Waals surface area contributed by atoms with Gasteiger partial charge in [0.25, 0.3) is 5.91 Å². The highest BCUT2D eigenvalue weighted by atomic mass is 35.5. The van der Waals surface area contributed by atoms with Crippen molar-refractivity contribution < 1.29 is 19.1 Å². The second-order valence-corrected chi connectivity index (χ2v) is 7.58. The van der Waals surface area contributed by atoms with Gasteiger partial charge in [0, 0.05) is 13.0 Å². The molecule has 7 heteroatoms. The number of hydrogen-bond donors (Lipinski definition) is 1. The van der Waals surface area contributed by atoms with Crippen LogP contribution in [0, 0.1) is 12.8 Å². The fourth-order valence-electron chi connectivity index (χ4n) is 3.34. The number of carbonyl (C=O) groups excluding carboxylic acids is 3. The molecular formula is C22H23ClN2O4. The first-order valence-corrected chi connectivity index (χ1v) is 9.80. The molecule has 1 fully saturated rings. The Hall–Kier alpha value is -2.86. The summed E-state index contributed by atoms with van der Waals surface area (Å²) in [5.74, 6) is -1.71. The number of carbonyl (C=O) groups is 3. The lowest BCUT2D eigenvalue weighted by Gasteiger charge is -2.25. The van der Waals surface area contributed by atoms with E-state index in [0.717, 1.165) is 11.1 Å². The Labute approximate surface area is 174 Å². The van der Waals surface area contributed by atoms with Crippen molar-refractivity contribution in [2.24, 2.45) is 5.92 Å². The van der Waals surface area contributed by atoms with Gasteiger partial charge in [-0.3, -0.25) is 14.4 Å². The van der Waals surface area contributed by atoms with Gasteiger partial charge in [-0.1, -0.05) is 48.0 Å². The van der Waals surface area contributed by atoms with Gasteiger partial charge in [-0.15, -0.1) is 0 Å². The van der Waals surface area contributed by atoms with E-state index in [1.54, 1.807) is 17.0 Å². The molecule has 2 aromatic carbocycles. The predicted molar refractivity (Wildman–Crippen MR) is 110 cm³/mol. The molecule has 152 valence electrons. The van der Waals surface area contributed by atoms with Gasteiger partial charge in [0.15, 0.2) is 6.61 Å². The molecule has 0 aromatic heterocycles. The lowest BCUT2D eigenvalue weighted by Crippen LogP contribution is -2.30. The number of halogens is 1. The average Bonchev–Trinajstić information content (AvgIpc) is 3.10. The Morgan fingerprint density at radius 2 is 1.97 bits per heavy atom. The van der Waals surface area contributed by atoms with E-state index in [2.05, 4.69) is 5.32 Å². The summed E-state index contributed by atoms with van der Waals surface area (Å²) in [5.41, 5.74) is 2.43. The summed E-state index contributed by atoms with van der Waals surface area (Å²) in [7, 11) is 0. The highest BCUT2D eigenvalue weighted by Crippen LogP contribution is 2.29. The Morgan fingerprint density at radius 3 is 2.66 bits per heavy atom. The van der Waals surface area contributed by atoms with E-state index >= 15 is 0 Å². The Kier molecular flexibility index (Phi) is 6.54. The molecule has 0 aliphatic carbocycles. The number of esters is 1. The topological polar surface area (TPSA) is 75.7 Å². The first-order valence-electron chi connectivity index (χ1n) is 9.42. The first kappa shape index (κ1) is 20.9. The second kappa shape index (κ2) is 9.09. The van der Waals surface area contributed by atoms with Crippen LogP contribution in [0.2, 0.25) is 5.02 Å². The maximum atomic E-state index is 12.4. The molecular weight excluding hydrogens is 392 g/mol. The van der Waals surface area contributed by atoms with Crippen molar-refractivity contribution in [1.29, 1.82) is 0 Å². The predicted octanol–water partition coefficient (Wildman–Crippen LogP) is 3.74. The van der Waals surface area contributed by atoms with Gasteiger partial charge in [0.05, 0.1) is 22.7 Å². The monoisotopic (exact) mass is 414 g/mol. The van der Waals surface area contributed by atoms with Crippen LogP contribution in [-0.2, 0) is 19.1 Å². The van der Waals surface area contributed by atoms with Crippen LogP contribution >= 0.6 is 11.6 Å². The average molecular weight is 415 g/mol. The molecule has 0 bridgehead atoms. The van der Waals surface area contributed by atoms with Crippen molar-refractivity contribution in [3.05, 3.63) is 64.7 Å². The minimum absolute atomic E-state index is 0.0847. The molecule has 0 spiro atoms. The van der Waals surface area contributed by atoms with Crippen LogP contribution in [-0.4, -0.2) is 35.8 Å². The van der Waals surface area contributed by atoms with Crippen LogP contribution in [0.3, 0.4) is 0 Å². The lowest BCUT2D eigenvalue weighted by molar-refractivity contribution is -0.151. The van der Waals surface area contributed by atoms with Crippen LogP contribution in [0.1, 0.15) is 30.5 Å². The number of benzene rings is 2. The molecule has 2 aromatic rings. The maximum Gasteiger partial charge on any atom is 0.311 e. The SMILES string of the molecule is Cc1ccc(NC(=O)COC(=O)[C@@H]2CC(=O)N([C@@H](C)c3ccccc3)C2)c(Cl)c1. The summed E-state index contributed by atoms with van der Waals surface area (Å²) in [6, 6.07) is 14.7. The maximum absolute atomic E-state index is 12.4. The number of amides is 2. The van der Waals surface area contributed by atoms with E-state index in [1.807, 2.05) is 50.2 Å². The third-order valence-corrected chi connectivity index (χ3v) is 5.30. The number of nitrogens with zero attached hydrogens (tertiary/aromatic N) is 1. The van der Waals surface area contributed by atoms with E-state index in [4.69, 9.17) is 16.3 Å². The molecule has 0 unspecified atom stereocenters. The van der Waals surface area contributed by atoms with Crippen LogP contribution in [0.5, 0.6) is 0 Å². The molecule has 3 rings (SSSR count). The molecule has 1 heterocycles. The van der Waals surface area contributed by atoms with Crippen molar-refractivity contribution in [1.82, 2.24) is 4.90 Å². The van der Waals surface area contributed by atoms with E-state index < -0.39 is 24.4 Å². The van der Waals surface area contributed by atoms with Gasteiger partial charge in [-0.2, -0.15) is 0 Å². The third kappa shape index (κ3) is 5.15. The lowest BCUT2D eigenvalue weighted by atomic mass is 10.1. The zero-order valence-corrected chi connectivity index (χ0v) is 17.1. The van der Waals surface area contributed by atoms with E-state index in [1.165, 1.54) is 0 Å². The molecule has 1 aliphatic heterocycles. The molecule has 1 aliphatic rings. The van der Waals surface area contributed by atoms with Crippen molar-refractivity contribution in [2.45, 2.75) is 26.3 Å². The first-order chi connectivity index (χ1) is 13.8. The van der Waals surface area contributed by atoms with Crippen molar-refractivity contribution in [3.8, 4) is 0 Å². The van der Waals surface area contributed by atoms with Gasteiger partial charge in [0.2, 0.25) is 5.91 Å². The summed E-state index contributed by atoms with van der Waals surface area (Å²) in [4.78, 5) is 38.5. The third-order valence-electron chi connectivity index (χ3n) is 4.99. The van der Waals surface area contributed by atoms with Gasteiger partial charge in [0.1, 0.15) is 0 Å². The molecule has 0 saturated carbocycles. The number of ether oxygens (including phenoxy) is 1. The van der Waals surface area contributed by atoms with Gasteiger partial charge < -0.3 is 15.0 Å². The number of aryl methyl sites for hydroxylation is 1. The zero-order valence-electron chi connectivity index (χ0n) is 16.4. The largest absolute Gasteiger partial charge is 0.455 e. The highest BCUT2D eigenvalue weighted by molar-refractivity contribution is 6.33. The van der Waals surface area contributed by atoms with Gasteiger partial charge in [-0.05, 0) is 37.1 Å². The molecule has 1 saturated heterocycles. The number of anilines is 1. The second-order valence-electron chi connectivity index (χ2n) is 7.17. The standard InChI is InChI=1S/C22H23ClN2O4/c1-14-8-9-19(18(23)10-14)24-20(26)13-29-22(28)17-11-21(27)25(12-17)15(2)16-6-4-3-5-7-16/h3-10,15,17H,11-13H2,1-2H3,(H,24,26)/t15-,17+/m0/s1. The Morgan fingerprint density at radius 1 is 1.24 bits per heavy atom. The van der Waals surface area contributed by atoms with Crippen LogP contribution < -0.4 is 5.32 Å². The quantitative estimate of drug-likeness (QED) is 0.730. The Bertz CT molecular complexity index is 916. The molecule has 6 nitrogen and oxygen atoms in total. The molecule has 0 radical (unpaired) electrons. The molecule has 2 amide bonds. The van der Waals surface area contributed by atoms with Gasteiger partial charge >= 0.3 is 5.97 Å². The van der Waals surface area contributed by atoms with Crippen molar-refractivity contribution >= 4 is 35.1 Å². The summed E-state index contributed by atoms with van der Waals surface area (Å²) in [5, 5.41) is 3.03. The van der Waals surface area contributed by atoms with Crippen molar-refractivity contribution in [3.63, 3.8) is 0 Å². The van der Waals surface area contributed by atoms with E-state index in [-0.39, 0.29) is 24.9 Å². The van der Waals surface area contributed by atoms with Crippen LogP contribution in [0.25, 0.3) is 0 Å². The molecule has 2 atom stereocenters. The number of hydrogen-bond acceptors (Lipinski definition) is 4. The normalized spacial score (nSPS) is 17.1. The van der Waals surface area contributed by atoms with E-state index in [0.29, 0.717) is 10.7 Å². The summed E-state index contributed by atoms with van der Waals surface area (Å²) in [6.07, 6.45) is 0.0847. The Balaban J connectivity index is 1.52. The zero-order chi connectivity index (χ0) is 21.0. The summed E-state index contributed by atoms with van der Waals surface area (Å²) in [6.45, 7) is 3.67. The number of rotatable bonds is 6. The van der Waals surface area contributed by atoms with Crippen LogP contribution in [0.15, 0.2) is 48.5 Å². The number of likely N-dealkylation sites (tertiary alicyclic amines) is 1. The number of nitrogens with one attached hydrogen (secondary N) is 1. The fraction of sp³-hybridized carbons (Fsp3) is 0.318. The highest BCUT2D eigenvalue weighted by Gasteiger charge is 2.38. The van der Waals surface area contributed by atoms with Gasteiger partial charge in [-0.25, -0.2) is 0 Å².